The predicted molar refractivity (Wildman–Crippen MR) is 65.3 cm³/mol. The van der Waals surface area contributed by atoms with Crippen LogP contribution in [0.3, 0.4) is 0 Å². The minimum absolute atomic E-state index is 0.139. The molecule has 0 aliphatic carbocycles. The smallest absolute Gasteiger partial charge is 0.122 e. The second-order valence-corrected chi connectivity index (χ2v) is 3.45. The van der Waals surface area contributed by atoms with Crippen LogP contribution in [0, 0.1) is 6.92 Å². The summed E-state index contributed by atoms with van der Waals surface area (Å²) in [5, 5.41) is 0. The number of allylic oxidation sites excluding steroid dienone is 1. The van der Waals surface area contributed by atoms with E-state index in [1.54, 1.807) is 0 Å². The number of hydrogen-bond donors (Lipinski definition) is 0. The topological polar surface area (TPSA) is 9.23 Å². The zero-order chi connectivity index (χ0) is 11.3. The van der Waals surface area contributed by atoms with Crippen molar-refractivity contribution < 1.29 is 4.74 Å². The first-order valence-electron chi connectivity index (χ1n) is 5.44. The number of hydrogen-bond acceptors (Lipinski definition) is 1. The standard InChI is InChI=1S/C14H19O/c1-5-11(4)13-9-8-10-14(15-7-3)12(13)6-2/h5,8-11H,1,4,6-7H2,2-3H3. The van der Waals surface area contributed by atoms with Crippen LogP contribution in [0.15, 0.2) is 30.9 Å². The lowest BCUT2D eigenvalue weighted by atomic mass is 9.94. The molecule has 1 aromatic rings. The van der Waals surface area contributed by atoms with Gasteiger partial charge in [0.2, 0.25) is 0 Å². The molecule has 0 saturated carbocycles. The quantitative estimate of drug-likeness (QED) is 0.662. The van der Waals surface area contributed by atoms with Crippen LogP contribution >= 0.6 is 0 Å². The molecule has 1 nitrogen and oxygen atoms in total. The molecule has 1 aromatic carbocycles. The van der Waals surface area contributed by atoms with Gasteiger partial charge >= 0.3 is 0 Å². The summed E-state index contributed by atoms with van der Waals surface area (Å²) in [5.74, 6) is 1.12. The fraction of sp³-hybridized carbons (Fsp3) is 0.357. The first-order chi connectivity index (χ1) is 7.24. The minimum Gasteiger partial charge on any atom is -0.494 e. The summed E-state index contributed by atoms with van der Waals surface area (Å²) in [6.45, 7) is 12.7. The molecule has 0 fully saturated rings. The van der Waals surface area contributed by atoms with Gasteiger partial charge in [-0.05, 0) is 37.5 Å². The van der Waals surface area contributed by atoms with Crippen molar-refractivity contribution in [3.05, 3.63) is 48.9 Å². The summed E-state index contributed by atoms with van der Waals surface area (Å²) in [4.78, 5) is 0. The van der Waals surface area contributed by atoms with E-state index in [1.165, 1.54) is 11.1 Å². The Bertz CT molecular complexity index is 328. The molecule has 1 unspecified atom stereocenters. The van der Waals surface area contributed by atoms with Gasteiger partial charge in [0.05, 0.1) is 6.61 Å². The van der Waals surface area contributed by atoms with E-state index >= 15 is 0 Å². The largest absolute Gasteiger partial charge is 0.494 e. The number of rotatable bonds is 5. The van der Waals surface area contributed by atoms with Gasteiger partial charge in [0.25, 0.3) is 0 Å². The summed E-state index contributed by atoms with van der Waals surface area (Å²) < 4.78 is 5.60. The van der Waals surface area contributed by atoms with Crippen LogP contribution in [0.25, 0.3) is 0 Å². The molecular weight excluding hydrogens is 184 g/mol. The molecule has 0 aliphatic rings. The highest BCUT2D eigenvalue weighted by Gasteiger charge is 2.10. The number of benzene rings is 1. The fourth-order valence-electron chi connectivity index (χ4n) is 1.73. The van der Waals surface area contributed by atoms with Crippen LogP contribution in [0.4, 0.5) is 0 Å². The lowest BCUT2D eigenvalue weighted by Crippen LogP contribution is -2.01. The van der Waals surface area contributed by atoms with Crippen LogP contribution in [0.5, 0.6) is 5.75 Å². The summed E-state index contributed by atoms with van der Waals surface area (Å²) >= 11 is 0. The maximum absolute atomic E-state index is 5.60. The van der Waals surface area contributed by atoms with Gasteiger partial charge in [0.15, 0.2) is 0 Å². The van der Waals surface area contributed by atoms with Crippen LogP contribution < -0.4 is 4.74 Å². The monoisotopic (exact) mass is 203 g/mol. The summed E-state index contributed by atoms with van der Waals surface area (Å²) in [6, 6.07) is 6.13. The molecular formula is C14H19O. The van der Waals surface area contributed by atoms with Crippen LogP contribution in [0.1, 0.15) is 30.9 Å². The molecule has 0 heterocycles. The van der Waals surface area contributed by atoms with Gasteiger partial charge < -0.3 is 4.74 Å². The maximum Gasteiger partial charge on any atom is 0.122 e. The Balaban J connectivity index is 3.15. The Morgan fingerprint density at radius 1 is 1.40 bits per heavy atom. The SMILES string of the molecule is [CH2]C(C=C)c1cccc(OCC)c1CC. The molecule has 1 heteroatoms. The van der Waals surface area contributed by atoms with E-state index in [1.807, 2.05) is 25.1 Å². The maximum atomic E-state index is 5.60. The third-order valence-corrected chi connectivity index (χ3v) is 2.51. The zero-order valence-electron chi connectivity index (χ0n) is 9.62. The number of ether oxygens (including phenoxy) is 1. The molecule has 0 saturated heterocycles. The Labute approximate surface area is 92.8 Å². The second-order valence-electron chi connectivity index (χ2n) is 3.45. The molecule has 1 radical (unpaired) electrons. The van der Waals surface area contributed by atoms with E-state index in [2.05, 4.69) is 26.5 Å². The Hall–Kier alpha value is -1.24. The molecule has 0 bridgehead atoms. The third kappa shape index (κ3) is 2.62. The second kappa shape index (κ2) is 5.59. The van der Waals surface area contributed by atoms with E-state index in [9.17, 15) is 0 Å². The van der Waals surface area contributed by atoms with E-state index in [0.29, 0.717) is 6.61 Å². The highest BCUT2D eigenvalue weighted by Crippen LogP contribution is 2.28. The van der Waals surface area contributed by atoms with Crippen molar-refractivity contribution >= 4 is 0 Å². The molecule has 0 aromatic heterocycles. The first-order valence-corrected chi connectivity index (χ1v) is 5.44. The van der Waals surface area contributed by atoms with Crippen molar-refractivity contribution in [1.29, 1.82) is 0 Å². The summed E-state index contributed by atoms with van der Waals surface area (Å²) in [5.41, 5.74) is 2.47. The highest BCUT2D eigenvalue weighted by molar-refractivity contribution is 5.43. The summed E-state index contributed by atoms with van der Waals surface area (Å²) in [7, 11) is 0. The van der Waals surface area contributed by atoms with Gasteiger partial charge in [-0.1, -0.05) is 25.1 Å². The lowest BCUT2D eigenvalue weighted by Gasteiger charge is -2.16. The molecule has 0 amide bonds. The van der Waals surface area contributed by atoms with E-state index in [4.69, 9.17) is 4.74 Å². The van der Waals surface area contributed by atoms with Gasteiger partial charge in [0, 0.05) is 5.92 Å². The average Bonchev–Trinajstić information content (AvgIpc) is 2.28. The minimum atomic E-state index is 0.139. The van der Waals surface area contributed by atoms with Crippen molar-refractivity contribution in [2.75, 3.05) is 6.61 Å². The van der Waals surface area contributed by atoms with Crippen molar-refractivity contribution in [3.8, 4) is 5.75 Å². The molecule has 81 valence electrons. The van der Waals surface area contributed by atoms with E-state index in [0.717, 1.165) is 12.2 Å². The fourth-order valence-corrected chi connectivity index (χ4v) is 1.73. The first kappa shape index (κ1) is 11.8. The van der Waals surface area contributed by atoms with Crippen LogP contribution in [-0.2, 0) is 6.42 Å². The van der Waals surface area contributed by atoms with Gasteiger partial charge in [0.1, 0.15) is 5.75 Å². The van der Waals surface area contributed by atoms with Crippen molar-refractivity contribution in [1.82, 2.24) is 0 Å². The van der Waals surface area contributed by atoms with Gasteiger partial charge in [-0.2, -0.15) is 0 Å². The van der Waals surface area contributed by atoms with E-state index < -0.39 is 0 Å². The molecule has 0 spiro atoms. The Morgan fingerprint density at radius 3 is 2.67 bits per heavy atom. The van der Waals surface area contributed by atoms with Crippen LogP contribution in [0.2, 0.25) is 0 Å². The van der Waals surface area contributed by atoms with Gasteiger partial charge in [-0.15, -0.1) is 6.58 Å². The molecule has 0 aliphatic heterocycles. The van der Waals surface area contributed by atoms with Crippen molar-refractivity contribution in [2.45, 2.75) is 26.2 Å². The lowest BCUT2D eigenvalue weighted by molar-refractivity contribution is 0.336. The van der Waals surface area contributed by atoms with Gasteiger partial charge in [-0.3, -0.25) is 0 Å². The summed E-state index contributed by atoms with van der Waals surface area (Å²) in [6.07, 6.45) is 2.83. The third-order valence-electron chi connectivity index (χ3n) is 2.51. The van der Waals surface area contributed by atoms with Crippen molar-refractivity contribution in [3.63, 3.8) is 0 Å². The molecule has 15 heavy (non-hydrogen) atoms. The average molecular weight is 203 g/mol. The van der Waals surface area contributed by atoms with E-state index in [-0.39, 0.29) is 5.92 Å². The molecule has 0 N–H and O–H groups in total. The molecule has 1 atom stereocenters. The van der Waals surface area contributed by atoms with Gasteiger partial charge in [-0.25, -0.2) is 0 Å². The predicted octanol–water partition coefficient (Wildman–Crippen LogP) is 3.75. The highest BCUT2D eigenvalue weighted by atomic mass is 16.5. The molecule has 1 rings (SSSR count). The Kier molecular flexibility index (Phi) is 4.41. The normalized spacial score (nSPS) is 12.2. The van der Waals surface area contributed by atoms with Crippen molar-refractivity contribution in [2.24, 2.45) is 0 Å². The zero-order valence-corrected chi connectivity index (χ0v) is 9.62. The Morgan fingerprint density at radius 2 is 2.13 bits per heavy atom. The van der Waals surface area contributed by atoms with Crippen LogP contribution in [-0.4, -0.2) is 6.61 Å².